The van der Waals surface area contributed by atoms with E-state index in [4.69, 9.17) is 0 Å². The Labute approximate surface area is 98.6 Å². The maximum atomic E-state index is 3.57. The summed E-state index contributed by atoms with van der Waals surface area (Å²) in [6.07, 6.45) is 4.12. The van der Waals surface area contributed by atoms with Gasteiger partial charge in [0.2, 0.25) is 0 Å². The van der Waals surface area contributed by atoms with Crippen molar-refractivity contribution in [2.24, 2.45) is 5.41 Å². The number of hydrogen-bond donors (Lipinski definition) is 2. The van der Waals surface area contributed by atoms with Crippen molar-refractivity contribution < 1.29 is 0 Å². The fraction of sp³-hybridized carbons (Fsp3) is 0.500. The van der Waals surface area contributed by atoms with Gasteiger partial charge in [0.1, 0.15) is 0 Å². The van der Waals surface area contributed by atoms with Crippen molar-refractivity contribution in [1.29, 1.82) is 0 Å². The van der Waals surface area contributed by atoms with Crippen LogP contribution in [0, 0.1) is 5.41 Å². The van der Waals surface area contributed by atoms with Gasteiger partial charge in [0, 0.05) is 23.0 Å². The number of hydrogen-bond acceptors (Lipinski definition) is 2. The molecule has 1 aliphatic heterocycles. The van der Waals surface area contributed by atoms with Gasteiger partial charge < -0.3 is 10.6 Å². The molecule has 80 valence electrons. The molecular formula is C12H15BrN2. The van der Waals surface area contributed by atoms with Crippen molar-refractivity contribution in [1.82, 2.24) is 0 Å². The standard InChI is InChI=1S/C12H15BrN2/c13-9-2-3-10-11(6-9)15-8-12(7-14-10)4-1-5-12/h2-3,6,14-15H,1,4-5,7-8H2. The predicted molar refractivity (Wildman–Crippen MR) is 67.4 cm³/mol. The van der Waals surface area contributed by atoms with E-state index in [2.05, 4.69) is 44.8 Å². The van der Waals surface area contributed by atoms with Crippen molar-refractivity contribution in [3.05, 3.63) is 22.7 Å². The lowest BCUT2D eigenvalue weighted by atomic mass is 9.69. The van der Waals surface area contributed by atoms with E-state index in [0.29, 0.717) is 5.41 Å². The SMILES string of the molecule is Brc1ccc2c(c1)NCC1(CCC1)CN2. The highest BCUT2D eigenvalue weighted by atomic mass is 79.9. The second-order valence-corrected chi connectivity index (χ2v) is 5.67. The number of rotatable bonds is 0. The zero-order valence-corrected chi connectivity index (χ0v) is 10.2. The molecule has 0 amide bonds. The Balaban J connectivity index is 1.88. The van der Waals surface area contributed by atoms with Gasteiger partial charge in [0.25, 0.3) is 0 Å². The van der Waals surface area contributed by atoms with Crippen LogP contribution in [0.25, 0.3) is 0 Å². The van der Waals surface area contributed by atoms with E-state index in [-0.39, 0.29) is 0 Å². The van der Waals surface area contributed by atoms with Gasteiger partial charge in [-0.15, -0.1) is 0 Å². The minimum absolute atomic E-state index is 0.519. The second-order valence-electron chi connectivity index (χ2n) is 4.75. The minimum Gasteiger partial charge on any atom is -0.383 e. The summed E-state index contributed by atoms with van der Waals surface area (Å²) in [5.74, 6) is 0. The molecule has 2 aliphatic rings. The smallest absolute Gasteiger partial charge is 0.0587 e. The largest absolute Gasteiger partial charge is 0.383 e. The molecule has 15 heavy (non-hydrogen) atoms. The van der Waals surface area contributed by atoms with Gasteiger partial charge in [-0.1, -0.05) is 22.4 Å². The molecule has 0 saturated heterocycles. The van der Waals surface area contributed by atoms with Crippen LogP contribution in [-0.4, -0.2) is 13.1 Å². The maximum absolute atomic E-state index is 3.57. The minimum atomic E-state index is 0.519. The summed E-state index contributed by atoms with van der Waals surface area (Å²) in [5, 5.41) is 7.13. The van der Waals surface area contributed by atoms with E-state index in [0.717, 1.165) is 17.6 Å². The average molecular weight is 267 g/mol. The normalized spacial score (nSPS) is 21.9. The van der Waals surface area contributed by atoms with Crippen molar-refractivity contribution in [2.45, 2.75) is 19.3 Å². The van der Waals surface area contributed by atoms with Crippen LogP contribution in [0.5, 0.6) is 0 Å². The zero-order chi connectivity index (χ0) is 10.3. The Hall–Kier alpha value is -0.700. The third kappa shape index (κ3) is 1.63. The predicted octanol–water partition coefficient (Wildman–Crippen LogP) is 3.46. The number of nitrogens with one attached hydrogen (secondary N) is 2. The first-order valence-corrected chi connectivity index (χ1v) is 6.34. The molecule has 1 aromatic rings. The summed E-state index contributed by atoms with van der Waals surface area (Å²) >= 11 is 3.51. The number of benzene rings is 1. The lowest BCUT2D eigenvalue weighted by molar-refractivity contribution is 0.171. The van der Waals surface area contributed by atoms with Gasteiger partial charge >= 0.3 is 0 Å². The highest BCUT2D eigenvalue weighted by molar-refractivity contribution is 9.10. The van der Waals surface area contributed by atoms with E-state index >= 15 is 0 Å². The van der Waals surface area contributed by atoms with Crippen LogP contribution in [0.15, 0.2) is 22.7 Å². The van der Waals surface area contributed by atoms with Crippen molar-refractivity contribution in [3.8, 4) is 0 Å². The summed E-state index contributed by atoms with van der Waals surface area (Å²) in [4.78, 5) is 0. The van der Waals surface area contributed by atoms with E-state index < -0.39 is 0 Å². The first kappa shape index (κ1) is 9.52. The first-order valence-electron chi connectivity index (χ1n) is 5.55. The Morgan fingerprint density at radius 2 is 1.80 bits per heavy atom. The molecule has 2 N–H and O–H groups in total. The molecule has 1 aliphatic carbocycles. The van der Waals surface area contributed by atoms with Gasteiger partial charge in [0.15, 0.2) is 0 Å². The molecule has 1 saturated carbocycles. The second kappa shape index (κ2) is 3.41. The van der Waals surface area contributed by atoms with Crippen molar-refractivity contribution in [3.63, 3.8) is 0 Å². The molecule has 0 aromatic heterocycles. The van der Waals surface area contributed by atoms with E-state index in [1.54, 1.807) is 0 Å². The molecule has 1 spiro atoms. The van der Waals surface area contributed by atoms with Gasteiger partial charge in [-0.3, -0.25) is 0 Å². The Morgan fingerprint density at radius 1 is 1.07 bits per heavy atom. The van der Waals surface area contributed by atoms with Crippen molar-refractivity contribution in [2.75, 3.05) is 23.7 Å². The number of halogens is 1. The molecule has 3 rings (SSSR count). The van der Waals surface area contributed by atoms with Crippen LogP contribution >= 0.6 is 15.9 Å². The highest BCUT2D eigenvalue weighted by Crippen LogP contribution is 2.43. The molecular weight excluding hydrogens is 252 g/mol. The molecule has 0 atom stereocenters. The summed E-state index contributed by atoms with van der Waals surface area (Å²) in [6.45, 7) is 2.23. The topological polar surface area (TPSA) is 24.1 Å². The zero-order valence-electron chi connectivity index (χ0n) is 8.65. The van der Waals surface area contributed by atoms with Gasteiger partial charge in [0.05, 0.1) is 11.4 Å². The fourth-order valence-electron chi connectivity index (χ4n) is 2.48. The molecule has 1 fully saturated rings. The maximum Gasteiger partial charge on any atom is 0.0587 e. The highest BCUT2D eigenvalue weighted by Gasteiger charge is 2.37. The third-order valence-corrected chi connectivity index (χ3v) is 4.20. The number of fused-ring (bicyclic) bond motifs is 1. The van der Waals surface area contributed by atoms with Crippen LogP contribution in [0.4, 0.5) is 11.4 Å². The van der Waals surface area contributed by atoms with Gasteiger partial charge in [-0.25, -0.2) is 0 Å². The molecule has 2 nitrogen and oxygen atoms in total. The molecule has 1 aromatic carbocycles. The lowest BCUT2D eigenvalue weighted by Gasteiger charge is -2.41. The first-order chi connectivity index (χ1) is 7.27. The van der Waals surface area contributed by atoms with E-state index in [1.807, 2.05) is 0 Å². The molecule has 1 heterocycles. The summed E-state index contributed by atoms with van der Waals surface area (Å²) in [7, 11) is 0. The van der Waals surface area contributed by atoms with Crippen LogP contribution < -0.4 is 10.6 Å². The third-order valence-electron chi connectivity index (χ3n) is 3.70. The van der Waals surface area contributed by atoms with E-state index in [9.17, 15) is 0 Å². The number of anilines is 2. The van der Waals surface area contributed by atoms with Gasteiger partial charge in [-0.05, 0) is 31.0 Å². The molecule has 0 radical (unpaired) electrons. The molecule has 3 heteroatoms. The van der Waals surface area contributed by atoms with Crippen LogP contribution in [0.1, 0.15) is 19.3 Å². The molecule has 0 unspecified atom stereocenters. The van der Waals surface area contributed by atoms with Crippen LogP contribution in [0.2, 0.25) is 0 Å². The van der Waals surface area contributed by atoms with E-state index in [1.165, 1.54) is 30.6 Å². The quantitative estimate of drug-likeness (QED) is 0.752. The Kier molecular flexibility index (Phi) is 2.16. The fourth-order valence-corrected chi connectivity index (χ4v) is 2.84. The lowest BCUT2D eigenvalue weighted by Crippen LogP contribution is -2.40. The summed E-state index contributed by atoms with van der Waals surface area (Å²) in [5.41, 5.74) is 2.99. The van der Waals surface area contributed by atoms with Crippen LogP contribution in [-0.2, 0) is 0 Å². The Bertz CT molecular complexity index is 385. The van der Waals surface area contributed by atoms with Gasteiger partial charge in [-0.2, -0.15) is 0 Å². The molecule has 0 bridgehead atoms. The Morgan fingerprint density at radius 3 is 2.47 bits per heavy atom. The monoisotopic (exact) mass is 266 g/mol. The average Bonchev–Trinajstić information content (AvgIpc) is 2.36. The summed E-state index contributed by atoms with van der Waals surface area (Å²) < 4.78 is 1.14. The van der Waals surface area contributed by atoms with Crippen molar-refractivity contribution >= 4 is 27.3 Å². The summed E-state index contributed by atoms with van der Waals surface area (Å²) in [6, 6.07) is 6.39. The van der Waals surface area contributed by atoms with Crippen LogP contribution in [0.3, 0.4) is 0 Å².